The van der Waals surface area contributed by atoms with E-state index in [1.807, 2.05) is 18.7 Å². The van der Waals surface area contributed by atoms with Gasteiger partial charge in [0.1, 0.15) is 11.4 Å². The third-order valence-electron chi connectivity index (χ3n) is 4.67. The number of alkyl halides is 3. The maximum absolute atomic E-state index is 12.7. The third kappa shape index (κ3) is 8.74. The van der Waals surface area contributed by atoms with Crippen molar-refractivity contribution in [2.45, 2.75) is 51.6 Å². The second-order valence-electron chi connectivity index (χ2n) is 7.51. The van der Waals surface area contributed by atoms with E-state index in [1.165, 1.54) is 18.3 Å². The Hall–Kier alpha value is -3.35. The van der Waals surface area contributed by atoms with Crippen molar-refractivity contribution in [2.75, 3.05) is 22.7 Å². The van der Waals surface area contributed by atoms with Crippen LogP contribution in [-0.2, 0) is 14.8 Å². The van der Waals surface area contributed by atoms with Crippen LogP contribution in [0.15, 0.2) is 35.4 Å². The van der Waals surface area contributed by atoms with E-state index in [4.69, 9.17) is 9.90 Å². The van der Waals surface area contributed by atoms with Gasteiger partial charge in [-0.3, -0.25) is 4.72 Å². The quantitative estimate of drug-likeness (QED) is 0.442. The summed E-state index contributed by atoms with van der Waals surface area (Å²) in [4.78, 5) is 26.9. The van der Waals surface area contributed by atoms with Gasteiger partial charge in [0.05, 0.1) is 16.8 Å². The monoisotopic (exact) mass is 519 g/mol. The van der Waals surface area contributed by atoms with Gasteiger partial charge >= 0.3 is 18.1 Å². The number of benzene rings is 1. The fourth-order valence-electron chi connectivity index (χ4n) is 3.00. The maximum atomic E-state index is 12.7. The fraction of sp³-hybridized carbons (Fsp3) is 0.409. The van der Waals surface area contributed by atoms with Crippen molar-refractivity contribution in [3.8, 4) is 0 Å². The van der Waals surface area contributed by atoms with Crippen LogP contribution in [0.3, 0.4) is 0 Å². The van der Waals surface area contributed by atoms with Crippen LogP contribution in [-0.4, -0.2) is 54.8 Å². The number of aromatic carboxylic acids is 1. The summed E-state index contributed by atoms with van der Waals surface area (Å²) in [5.74, 6) is -3.56. The Kier molecular flexibility index (Phi) is 10.5. The molecule has 0 bridgehead atoms. The predicted octanol–water partition coefficient (Wildman–Crippen LogP) is 4.46. The zero-order valence-corrected chi connectivity index (χ0v) is 20.5. The first kappa shape index (κ1) is 29.7. The number of halogens is 3. The topological polar surface area (TPSA) is 137 Å². The molecule has 2 aromatic rings. The summed E-state index contributed by atoms with van der Waals surface area (Å²) >= 11 is 0. The molecular formula is C22H28F3N3O6S. The highest BCUT2D eigenvalue weighted by Gasteiger charge is 2.38. The minimum atomic E-state index is -5.08. The number of pyridine rings is 1. The largest absolute Gasteiger partial charge is 0.490 e. The number of sulfonamides is 1. The van der Waals surface area contributed by atoms with Crippen LogP contribution in [0.25, 0.3) is 0 Å². The van der Waals surface area contributed by atoms with Crippen molar-refractivity contribution in [3.63, 3.8) is 0 Å². The van der Waals surface area contributed by atoms with E-state index < -0.39 is 28.1 Å². The Morgan fingerprint density at radius 1 is 1.11 bits per heavy atom. The lowest BCUT2D eigenvalue weighted by atomic mass is 10.2. The van der Waals surface area contributed by atoms with Crippen molar-refractivity contribution < 1.29 is 41.4 Å². The highest BCUT2D eigenvalue weighted by atomic mass is 32.2. The molecule has 1 aromatic carbocycles. The lowest BCUT2D eigenvalue weighted by Gasteiger charge is -2.23. The first-order valence-electron chi connectivity index (χ1n) is 10.5. The number of aryl methyl sites for hydroxylation is 2. The Bertz CT molecular complexity index is 1150. The number of hydrogen-bond acceptors (Lipinski definition) is 6. The number of anilines is 2. The minimum Gasteiger partial charge on any atom is -0.478 e. The number of carboxylic acids is 2. The van der Waals surface area contributed by atoms with Gasteiger partial charge in [0.25, 0.3) is 10.0 Å². The van der Waals surface area contributed by atoms with Crippen molar-refractivity contribution in [1.29, 1.82) is 0 Å². The molecule has 0 atom stereocenters. The molecule has 0 amide bonds. The van der Waals surface area contributed by atoms with Crippen molar-refractivity contribution >= 4 is 33.5 Å². The predicted molar refractivity (Wildman–Crippen MR) is 124 cm³/mol. The maximum Gasteiger partial charge on any atom is 0.490 e. The summed E-state index contributed by atoms with van der Waals surface area (Å²) in [5.41, 5.74) is 1.67. The van der Waals surface area contributed by atoms with Crippen LogP contribution >= 0.6 is 0 Å². The van der Waals surface area contributed by atoms with E-state index in [1.54, 1.807) is 19.1 Å². The average Bonchev–Trinajstić information content (AvgIpc) is 2.74. The van der Waals surface area contributed by atoms with Gasteiger partial charge in [-0.2, -0.15) is 13.2 Å². The van der Waals surface area contributed by atoms with Crippen molar-refractivity contribution in [3.05, 3.63) is 47.2 Å². The fourth-order valence-corrected chi connectivity index (χ4v) is 4.26. The van der Waals surface area contributed by atoms with E-state index in [2.05, 4.69) is 16.6 Å². The molecule has 0 fully saturated rings. The molecule has 0 radical (unpaired) electrons. The molecule has 35 heavy (non-hydrogen) atoms. The number of unbranched alkanes of at least 4 members (excludes halogenated alkanes) is 1. The molecule has 0 unspecified atom stereocenters. The number of carboxylic acid groups (broad SMARTS) is 2. The smallest absolute Gasteiger partial charge is 0.478 e. The summed E-state index contributed by atoms with van der Waals surface area (Å²) in [6.45, 7) is 8.90. The van der Waals surface area contributed by atoms with Crippen LogP contribution in [0.4, 0.5) is 24.7 Å². The van der Waals surface area contributed by atoms with Gasteiger partial charge in [0.2, 0.25) is 0 Å². The molecule has 9 nitrogen and oxygen atoms in total. The number of aliphatic carboxylic acids is 1. The van der Waals surface area contributed by atoms with Crippen molar-refractivity contribution in [2.24, 2.45) is 0 Å². The van der Waals surface area contributed by atoms with E-state index in [-0.39, 0.29) is 16.1 Å². The van der Waals surface area contributed by atoms with Gasteiger partial charge in [0.15, 0.2) is 0 Å². The SMILES string of the molecule is CCCCN(CC)c1ncc(NS(=O)(=O)c2ccc(C)cc2C)cc1C(=O)O.O=C(O)C(F)(F)F. The third-order valence-corrected chi connectivity index (χ3v) is 6.22. The van der Waals surface area contributed by atoms with E-state index in [9.17, 15) is 31.5 Å². The number of rotatable bonds is 9. The van der Waals surface area contributed by atoms with Gasteiger partial charge in [-0.05, 0) is 44.9 Å². The zero-order chi connectivity index (χ0) is 27.0. The number of aromatic nitrogens is 1. The van der Waals surface area contributed by atoms with E-state index >= 15 is 0 Å². The Labute approximate surface area is 201 Å². The summed E-state index contributed by atoms with van der Waals surface area (Å²) in [6, 6.07) is 6.36. The molecule has 13 heteroatoms. The summed E-state index contributed by atoms with van der Waals surface area (Å²) in [6.07, 6.45) is -1.83. The van der Waals surface area contributed by atoms with Gasteiger partial charge < -0.3 is 15.1 Å². The first-order valence-corrected chi connectivity index (χ1v) is 12.0. The molecule has 0 aliphatic carbocycles. The first-order chi connectivity index (χ1) is 16.1. The lowest BCUT2D eigenvalue weighted by molar-refractivity contribution is -0.192. The summed E-state index contributed by atoms with van der Waals surface area (Å²) in [7, 11) is -3.85. The molecular weight excluding hydrogens is 491 g/mol. The molecule has 194 valence electrons. The number of nitrogens with one attached hydrogen (secondary N) is 1. The molecule has 1 heterocycles. The standard InChI is InChI=1S/C20H27N3O4S.C2HF3O2/c1-5-7-10-23(6-2)19-17(20(24)25)12-16(13-21-19)22-28(26,27)18-9-8-14(3)11-15(18)4;3-2(4,5)1(6)7/h8-9,11-13,22H,5-7,10H2,1-4H3,(H,24,25);(H,6,7). The molecule has 0 saturated heterocycles. The lowest BCUT2D eigenvalue weighted by Crippen LogP contribution is -2.27. The molecule has 0 aliphatic heterocycles. The van der Waals surface area contributed by atoms with Gasteiger partial charge in [-0.1, -0.05) is 31.0 Å². The minimum absolute atomic E-state index is 0.0289. The molecule has 1 aromatic heterocycles. The Morgan fingerprint density at radius 3 is 2.17 bits per heavy atom. The van der Waals surface area contributed by atoms with Gasteiger partial charge in [-0.25, -0.2) is 23.0 Å². The van der Waals surface area contributed by atoms with Crippen LogP contribution in [0.1, 0.15) is 48.2 Å². The number of nitrogens with zero attached hydrogens (tertiary/aromatic N) is 2. The van der Waals surface area contributed by atoms with Crippen molar-refractivity contribution in [1.82, 2.24) is 4.98 Å². The van der Waals surface area contributed by atoms with Crippen LogP contribution in [0.2, 0.25) is 0 Å². The average molecular weight is 520 g/mol. The van der Waals surface area contributed by atoms with Gasteiger partial charge in [0, 0.05) is 13.1 Å². The van der Waals surface area contributed by atoms with Crippen LogP contribution in [0, 0.1) is 13.8 Å². The Balaban J connectivity index is 0.000000762. The second-order valence-corrected chi connectivity index (χ2v) is 9.16. The molecule has 3 N–H and O–H groups in total. The Morgan fingerprint density at radius 2 is 1.71 bits per heavy atom. The molecule has 0 saturated carbocycles. The van der Waals surface area contributed by atoms with E-state index in [0.29, 0.717) is 24.5 Å². The second kappa shape index (κ2) is 12.4. The molecule has 2 rings (SSSR count). The molecule has 0 spiro atoms. The number of carbonyl (C=O) groups is 2. The van der Waals surface area contributed by atoms with Crippen LogP contribution < -0.4 is 9.62 Å². The molecule has 0 aliphatic rings. The van der Waals surface area contributed by atoms with Gasteiger partial charge in [-0.15, -0.1) is 0 Å². The normalized spacial score (nSPS) is 11.3. The summed E-state index contributed by atoms with van der Waals surface area (Å²) < 4.78 is 59.7. The van der Waals surface area contributed by atoms with Crippen LogP contribution in [0.5, 0.6) is 0 Å². The zero-order valence-electron chi connectivity index (χ0n) is 19.7. The number of hydrogen-bond donors (Lipinski definition) is 3. The highest BCUT2D eigenvalue weighted by molar-refractivity contribution is 7.92. The van der Waals surface area contributed by atoms with E-state index in [0.717, 1.165) is 18.4 Å². The summed E-state index contributed by atoms with van der Waals surface area (Å²) in [5, 5.41) is 16.7. The highest BCUT2D eigenvalue weighted by Crippen LogP contribution is 2.25.